The number of unbranched alkanes of at least 4 members (excludes halogenated alkanes) is 5. The molecular formula is C27H50O4. The Morgan fingerprint density at radius 2 is 1.71 bits per heavy atom. The maximum Gasteiger partial charge on any atom is 0.306 e. The van der Waals surface area contributed by atoms with E-state index in [4.69, 9.17) is 9.47 Å². The van der Waals surface area contributed by atoms with Crippen LogP contribution in [-0.4, -0.2) is 29.6 Å². The van der Waals surface area contributed by atoms with Gasteiger partial charge in [0, 0.05) is 18.8 Å². The first kappa shape index (κ1) is 28.1. The number of hydrogen-bond acceptors (Lipinski definition) is 4. The fraction of sp³-hybridized carbons (Fsp3) is 0.926. The molecule has 0 saturated heterocycles. The van der Waals surface area contributed by atoms with Crippen molar-refractivity contribution < 1.29 is 19.1 Å². The van der Waals surface area contributed by atoms with Gasteiger partial charge in [-0.3, -0.25) is 9.59 Å². The molecule has 0 aliphatic heterocycles. The van der Waals surface area contributed by atoms with Gasteiger partial charge in [-0.15, -0.1) is 0 Å². The van der Waals surface area contributed by atoms with Gasteiger partial charge in [-0.05, 0) is 79.1 Å². The molecule has 0 bridgehead atoms. The second-order valence-corrected chi connectivity index (χ2v) is 10.8. The largest absolute Gasteiger partial charge is 0.463 e. The summed E-state index contributed by atoms with van der Waals surface area (Å²) in [6.45, 7) is 12.4. The molecule has 0 N–H and O–H groups in total. The summed E-state index contributed by atoms with van der Waals surface area (Å²) in [6.07, 6.45) is 14.8. The lowest BCUT2D eigenvalue weighted by molar-refractivity contribution is -0.147. The Kier molecular flexibility index (Phi) is 13.6. The number of ether oxygens (including phenoxy) is 2. The number of Topliss-reactive ketones (excluding diaryl/α,β-unsaturated/α-hetero) is 1. The Labute approximate surface area is 192 Å². The zero-order valence-electron chi connectivity index (χ0n) is 21.3. The highest BCUT2D eigenvalue weighted by Crippen LogP contribution is 2.37. The summed E-state index contributed by atoms with van der Waals surface area (Å²) in [5.41, 5.74) is -0.108. The van der Waals surface area contributed by atoms with E-state index in [1.54, 1.807) is 0 Å². The number of ketones is 1. The van der Waals surface area contributed by atoms with Crippen LogP contribution in [0.2, 0.25) is 0 Å². The summed E-state index contributed by atoms with van der Waals surface area (Å²) in [6, 6.07) is 0. The van der Waals surface area contributed by atoms with Gasteiger partial charge in [0.2, 0.25) is 0 Å². The van der Waals surface area contributed by atoms with Crippen molar-refractivity contribution in [2.24, 2.45) is 11.8 Å². The van der Waals surface area contributed by atoms with Crippen LogP contribution in [0.15, 0.2) is 0 Å². The number of carbonyl (C=O) groups is 2. The minimum atomic E-state index is -0.108. The van der Waals surface area contributed by atoms with E-state index in [2.05, 4.69) is 27.7 Å². The van der Waals surface area contributed by atoms with Crippen LogP contribution in [0.3, 0.4) is 0 Å². The number of carbonyl (C=O) groups excluding carboxylic acids is 2. The molecule has 182 valence electrons. The maximum atomic E-state index is 12.5. The van der Waals surface area contributed by atoms with E-state index in [0.717, 1.165) is 64.2 Å². The zero-order valence-corrected chi connectivity index (χ0v) is 21.3. The number of rotatable bonds is 16. The summed E-state index contributed by atoms with van der Waals surface area (Å²) in [7, 11) is 0. The third-order valence-corrected chi connectivity index (χ3v) is 6.27. The first-order valence-corrected chi connectivity index (χ1v) is 13.0. The van der Waals surface area contributed by atoms with Crippen molar-refractivity contribution >= 4 is 11.8 Å². The van der Waals surface area contributed by atoms with E-state index in [-0.39, 0.29) is 23.6 Å². The zero-order chi connectivity index (χ0) is 23.3. The lowest BCUT2D eigenvalue weighted by atomic mass is 9.85. The van der Waals surface area contributed by atoms with E-state index in [0.29, 0.717) is 24.2 Å². The van der Waals surface area contributed by atoms with Gasteiger partial charge < -0.3 is 9.47 Å². The van der Waals surface area contributed by atoms with Gasteiger partial charge in [0.15, 0.2) is 0 Å². The molecule has 4 nitrogen and oxygen atoms in total. The van der Waals surface area contributed by atoms with Gasteiger partial charge in [-0.1, -0.05) is 45.4 Å². The molecule has 0 aromatic heterocycles. The van der Waals surface area contributed by atoms with E-state index in [1.807, 2.05) is 13.8 Å². The molecule has 1 aliphatic carbocycles. The van der Waals surface area contributed by atoms with Crippen molar-refractivity contribution in [2.45, 2.75) is 149 Å². The van der Waals surface area contributed by atoms with Crippen LogP contribution in [-0.2, 0) is 19.1 Å². The molecule has 0 aromatic carbocycles. The highest BCUT2D eigenvalue weighted by atomic mass is 16.5. The maximum absolute atomic E-state index is 12.5. The highest BCUT2D eigenvalue weighted by Gasteiger charge is 2.34. The average Bonchev–Trinajstić information content (AvgIpc) is 3.00. The van der Waals surface area contributed by atoms with Gasteiger partial charge in [-0.25, -0.2) is 0 Å². The summed E-state index contributed by atoms with van der Waals surface area (Å²) in [4.78, 5) is 24.1. The Balaban J connectivity index is 2.35. The Hall–Kier alpha value is -0.900. The molecule has 0 amide bonds. The van der Waals surface area contributed by atoms with Crippen molar-refractivity contribution in [3.63, 3.8) is 0 Å². The van der Waals surface area contributed by atoms with Crippen LogP contribution in [0.5, 0.6) is 0 Å². The predicted molar refractivity (Wildman–Crippen MR) is 128 cm³/mol. The van der Waals surface area contributed by atoms with E-state index < -0.39 is 0 Å². The Bertz CT molecular complexity index is 506. The average molecular weight is 439 g/mol. The quantitative estimate of drug-likeness (QED) is 0.186. The standard InChI is InChI=1S/C27H50O4/c1-7-8-11-14-23(31-27(4,5)6)19-17-22-18-20-25(28)24(22)15-12-9-10-13-16-26(29)30-21(2)3/h21-24H,7-20H2,1-6H3/t22-,23?,24+/m0/s1. The van der Waals surface area contributed by atoms with Crippen molar-refractivity contribution in [1.82, 2.24) is 0 Å². The number of hydrogen-bond donors (Lipinski definition) is 0. The van der Waals surface area contributed by atoms with Crippen molar-refractivity contribution in [1.29, 1.82) is 0 Å². The normalized spacial score (nSPS) is 20.4. The van der Waals surface area contributed by atoms with Gasteiger partial charge >= 0.3 is 5.97 Å². The van der Waals surface area contributed by atoms with Crippen molar-refractivity contribution in [3.8, 4) is 0 Å². The van der Waals surface area contributed by atoms with Crippen LogP contribution in [0.25, 0.3) is 0 Å². The monoisotopic (exact) mass is 438 g/mol. The van der Waals surface area contributed by atoms with Crippen LogP contribution < -0.4 is 0 Å². The van der Waals surface area contributed by atoms with Crippen LogP contribution in [0.1, 0.15) is 131 Å². The molecule has 1 fully saturated rings. The molecule has 0 radical (unpaired) electrons. The van der Waals surface area contributed by atoms with Crippen LogP contribution in [0.4, 0.5) is 0 Å². The molecule has 1 unspecified atom stereocenters. The third-order valence-electron chi connectivity index (χ3n) is 6.27. The third kappa shape index (κ3) is 13.3. The molecule has 1 rings (SSSR count). The summed E-state index contributed by atoms with van der Waals surface area (Å²) >= 11 is 0. The van der Waals surface area contributed by atoms with Gasteiger partial charge in [0.1, 0.15) is 5.78 Å². The molecule has 3 atom stereocenters. The lowest BCUT2D eigenvalue weighted by Gasteiger charge is -2.29. The lowest BCUT2D eigenvalue weighted by Crippen LogP contribution is -2.28. The molecule has 31 heavy (non-hydrogen) atoms. The van der Waals surface area contributed by atoms with Crippen LogP contribution in [0, 0.1) is 11.8 Å². The fourth-order valence-corrected chi connectivity index (χ4v) is 4.81. The predicted octanol–water partition coefficient (Wildman–Crippen LogP) is 7.42. The molecule has 1 aliphatic rings. The summed E-state index contributed by atoms with van der Waals surface area (Å²) in [5, 5.41) is 0. The first-order valence-electron chi connectivity index (χ1n) is 13.0. The van der Waals surface area contributed by atoms with Crippen LogP contribution >= 0.6 is 0 Å². The van der Waals surface area contributed by atoms with E-state index in [1.165, 1.54) is 19.3 Å². The minimum absolute atomic E-state index is 0.0298. The molecule has 0 heterocycles. The van der Waals surface area contributed by atoms with Gasteiger partial charge in [-0.2, -0.15) is 0 Å². The second-order valence-electron chi connectivity index (χ2n) is 10.8. The SMILES string of the molecule is CCCCCC(CC[C@H]1CCC(=O)[C@@H]1CCCCCCC(=O)OC(C)C)OC(C)(C)C. The van der Waals surface area contributed by atoms with E-state index in [9.17, 15) is 9.59 Å². The van der Waals surface area contributed by atoms with Gasteiger partial charge in [0.05, 0.1) is 17.8 Å². The smallest absolute Gasteiger partial charge is 0.306 e. The molecule has 4 heteroatoms. The minimum Gasteiger partial charge on any atom is -0.463 e. The highest BCUT2D eigenvalue weighted by molar-refractivity contribution is 5.83. The second kappa shape index (κ2) is 15.0. The molecule has 1 saturated carbocycles. The number of esters is 1. The van der Waals surface area contributed by atoms with Crippen molar-refractivity contribution in [3.05, 3.63) is 0 Å². The summed E-state index contributed by atoms with van der Waals surface area (Å²) in [5.74, 6) is 1.17. The van der Waals surface area contributed by atoms with Crippen molar-refractivity contribution in [2.75, 3.05) is 0 Å². The topological polar surface area (TPSA) is 52.6 Å². The molecular weight excluding hydrogens is 388 g/mol. The van der Waals surface area contributed by atoms with E-state index >= 15 is 0 Å². The summed E-state index contributed by atoms with van der Waals surface area (Å²) < 4.78 is 11.5. The fourth-order valence-electron chi connectivity index (χ4n) is 4.81. The van der Waals surface area contributed by atoms with Gasteiger partial charge in [0.25, 0.3) is 0 Å². The molecule has 0 aromatic rings. The Morgan fingerprint density at radius 3 is 2.35 bits per heavy atom. The Morgan fingerprint density at radius 1 is 1.00 bits per heavy atom. The first-order chi connectivity index (χ1) is 14.6. The molecule has 0 spiro atoms.